The van der Waals surface area contributed by atoms with Gasteiger partial charge in [0.15, 0.2) is 6.10 Å². The molecular weight excluding hydrogens is 961 g/mol. The first-order valence-corrected chi connectivity index (χ1v) is 34.6. The van der Waals surface area contributed by atoms with Gasteiger partial charge in [0.2, 0.25) is 0 Å². The molecule has 0 rings (SSSR count). The smallest absolute Gasteiger partial charge is 0.306 e. The Morgan fingerprint density at radius 2 is 0.462 bits per heavy atom. The minimum atomic E-state index is -0.783. The fourth-order valence-electron chi connectivity index (χ4n) is 10.3. The highest BCUT2D eigenvalue weighted by atomic mass is 16.6. The van der Waals surface area contributed by atoms with Gasteiger partial charge in [0, 0.05) is 19.3 Å². The molecule has 0 saturated heterocycles. The molecule has 0 aliphatic carbocycles. The zero-order valence-electron chi connectivity index (χ0n) is 52.5. The molecule has 0 amide bonds. The molecule has 0 saturated carbocycles. The summed E-state index contributed by atoms with van der Waals surface area (Å²) in [5.41, 5.74) is 0. The molecule has 0 N–H and O–H groups in total. The van der Waals surface area contributed by atoms with Crippen molar-refractivity contribution in [3.8, 4) is 0 Å². The summed E-state index contributed by atoms with van der Waals surface area (Å²) >= 11 is 0. The predicted molar refractivity (Wildman–Crippen MR) is 339 cm³/mol. The van der Waals surface area contributed by atoms with Gasteiger partial charge in [-0.2, -0.15) is 0 Å². The number of ether oxygens (including phenoxy) is 3. The zero-order valence-corrected chi connectivity index (χ0v) is 52.5. The summed E-state index contributed by atoms with van der Waals surface area (Å²) in [6, 6.07) is 0. The number of carbonyl (C=O) groups excluding carboxylic acids is 3. The molecule has 0 aromatic carbocycles. The van der Waals surface area contributed by atoms with Gasteiger partial charge >= 0.3 is 17.9 Å². The van der Waals surface area contributed by atoms with Crippen molar-refractivity contribution in [2.75, 3.05) is 13.2 Å². The molecule has 6 nitrogen and oxygen atoms in total. The van der Waals surface area contributed by atoms with Crippen LogP contribution < -0.4 is 0 Å². The molecule has 0 aliphatic heterocycles. The molecule has 0 aromatic rings. The van der Waals surface area contributed by atoms with Crippen LogP contribution in [0.5, 0.6) is 0 Å². The first-order chi connectivity index (χ1) is 38.5. The van der Waals surface area contributed by atoms with Crippen molar-refractivity contribution in [2.45, 2.75) is 380 Å². The molecule has 0 aliphatic rings. The first kappa shape index (κ1) is 75.4. The molecule has 78 heavy (non-hydrogen) atoms. The van der Waals surface area contributed by atoms with Gasteiger partial charge in [0.05, 0.1) is 0 Å². The highest BCUT2D eigenvalue weighted by Crippen LogP contribution is 2.18. The molecule has 0 bridgehead atoms. The normalized spacial score (nSPS) is 12.3. The maximum atomic E-state index is 12.9. The number of allylic oxidation sites excluding steroid dienone is 8. The van der Waals surface area contributed by atoms with Crippen LogP contribution in [0.1, 0.15) is 374 Å². The van der Waals surface area contributed by atoms with Crippen LogP contribution in [-0.2, 0) is 28.6 Å². The van der Waals surface area contributed by atoms with Gasteiger partial charge in [-0.25, -0.2) is 0 Å². The maximum absolute atomic E-state index is 12.9. The van der Waals surface area contributed by atoms with Gasteiger partial charge in [0.25, 0.3) is 0 Å². The number of unbranched alkanes of at least 4 members (excludes halogenated alkanes) is 45. The largest absolute Gasteiger partial charge is 0.462 e. The van der Waals surface area contributed by atoms with E-state index in [9.17, 15) is 14.4 Å². The minimum Gasteiger partial charge on any atom is -0.462 e. The monoisotopic (exact) mass is 1090 g/mol. The molecule has 456 valence electrons. The van der Waals surface area contributed by atoms with Crippen LogP contribution in [0.25, 0.3) is 0 Å². The third-order valence-corrected chi connectivity index (χ3v) is 15.6. The Hall–Kier alpha value is -2.63. The second-order valence-electron chi connectivity index (χ2n) is 23.4. The van der Waals surface area contributed by atoms with Crippen molar-refractivity contribution in [3.05, 3.63) is 48.6 Å². The van der Waals surface area contributed by atoms with Gasteiger partial charge in [-0.1, -0.05) is 320 Å². The Kier molecular flexibility index (Phi) is 64.6. The average Bonchev–Trinajstić information content (AvgIpc) is 3.44. The number of rotatable bonds is 64. The van der Waals surface area contributed by atoms with E-state index < -0.39 is 6.10 Å². The van der Waals surface area contributed by atoms with E-state index >= 15 is 0 Å². The van der Waals surface area contributed by atoms with Crippen LogP contribution in [0.2, 0.25) is 0 Å². The van der Waals surface area contributed by atoms with Gasteiger partial charge in [-0.3, -0.25) is 14.4 Å². The Balaban J connectivity index is 4.23. The van der Waals surface area contributed by atoms with Crippen LogP contribution >= 0.6 is 0 Å². The Bertz CT molecular complexity index is 1350. The summed E-state index contributed by atoms with van der Waals surface area (Å²) in [6.45, 7) is 6.63. The van der Waals surface area contributed by atoms with Gasteiger partial charge in [-0.05, 0) is 83.5 Å². The molecule has 0 radical (unpaired) electrons. The number of esters is 3. The summed E-state index contributed by atoms with van der Waals surface area (Å²) in [5, 5.41) is 0. The molecular formula is C72H132O6. The maximum Gasteiger partial charge on any atom is 0.306 e. The van der Waals surface area contributed by atoms with E-state index in [1.807, 2.05) is 0 Å². The van der Waals surface area contributed by atoms with Gasteiger partial charge in [-0.15, -0.1) is 0 Å². The summed E-state index contributed by atoms with van der Waals surface area (Å²) < 4.78 is 17.0. The first-order valence-electron chi connectivity index (χ1n) is 34.6. The molecule has 0 aromatic heterocycles. The van der Waals surface area contributed by atoms with E-state index in [-0.39, 0.29) is 31.1 Å². The number of hydrogen-bond acceptors (Lipinski definition) is 6. The topological polar surface area (TPSA) is 78.9 Å². The second-order valence-corrected chi connectivity index (χ2v) is 23.4. The molecule has 1 atom stereocenters. The fourth-order valence-corrected chi connectivity index (χ4v) is 10.3. The summed E-state index contributed by atoms with van der Waals surface area (Å²) in [4.78, 5) is 38.4. The Morgan fingerprint density at radius 1 is 0.256 bits per heavy atom. The number of hydrogen-bond donors (Lipinski definition) is 0. The van der Waals surface area contributed by atoms with Crippen molar-refractivity contribution < 1.29 is 28.6 Å². The highest BCUT2D eigenvalue weighted by molar-refractivity contribution is 5.71. The molecule has 0 heterocycles. The van der Waals surface area contributed by atoms with Crippen LogP contribution in [0.4, 0.5) is 0 Å². The lowest BCUT2D eigenvalue weighted by atomic mass is 10.0. The van der Waals surface area contributed by atoms with Gasteiger partial charge in [0.1, 0.15) is 13.2 Å². The van der Waals surface area contributed by atoms with E-state index in [1.54, 1.807) is 0 Å². The van der Waals surface area contributed by atoms with Crippen molar-refractivity contribution in [3.63, 3.8) is 0 Å². The van der Waals surface area contributed by atoms with Crippen LogP contribution in [-0.4, -0.2) is 37.2 Å². The number of carbonyl (C=O) groups is 3. The van der Waals surface area contributed by atoms with E-state index in [0.717, 1.165) is 89.9 Å². The fraction of sp³-hybridized carbons (Fsp3) is 0.847. The molecule has 0 spiro atoms. The van der Waals surface area contributed by atoms with E-state index in [4.69, 9.17) is 14.2 Å². The lowest BCUT2D eigenvalue weighted by Crippen LogP contribution is -2.30. The van der Waals surface area contributed by atoms with Crippen molar-refractivity contribution in [1.82, 2.24) is 0 Å². The van der Waals surface area contributed by atoms with Crippen molar-refractivity contribution in [2.24, 2.45) is 0 Å². The molecule has 1 unspecified atom stereocenters. The van der Waals surface area contributed by atoms with E-state index in [1.165, 1.54) is 244 Å². The lowest BCUT2D eigenvalue weighted by Gasteiger charge is -2.18. The lowest BCUT2D eigenvalue weighted by molar-refractivity contribution is -0.167. The van der Waals surface area contributed by atoms with E-state index in [2.05, 4.69) is 69.4 Å². The highest BCUT2D eigenvalue weighted by Gasteiger charge is 2.19. The second kappa shape index (κ2) is 66.9. The third kappa shape index (κ3) is 64.2. The van der Waals surface area contributed by atoms with E-state index in [0.29, 0.717) is 19.3 Å². The minimum absolute atomic E-state index is 0.0774. The summed E-state index contributed by atoms with van der Waals surface area (Å²) in [7, 11) is 0. The van der Waals surface area contributed by atoms with Crippen molar-refractivity contribution in [1.29, 1.82) is 0 Å². The van der Waals surface area contributed by atoms with Gasteiger partial charge < -0.3 is 14.2 Å². The predicted octanol–water partition coefficient (Wildman–Crippen LogP) is 23.7. The Morgan fingerprint density at radius 3 is 0.731 bits per heavy atom. The van der Waals surface area contributed by atoms with Crippen molar-refractivity contribution >= 4 is 17.9 Å². The summed E-state index contributed by atoms with van der Waals surface area (Å²) in [5.74, 6) is -0.877. The average molecular weight is 1090 g/mol. The molecule has 6 heteroatoms. The van der Waals surface area contributed by atoms with Crippen LogP contribution in [0.3, 0.4) is 0 Å². The molecule has 0 fully saturated rings. The standard InChI is InChI=1S/C72H132O6/c1-4-7-10-13-16-19-22-25-28-30-31-32-33-34-35-36-37-38-39-40-42-44-47-50-53-56-59-62-65-71(74)77-68-69(67-76-70(73)64-61-58-55-52-49-46-43-27-24-21-18-15-12-9-6-3)78-72(75)66-63-60-57-54-51-48-45-41-29-26-23-20-17-14-11-8-5-2/h17-18,20-21,26-27,29,43,69H,4-16,19,22-25,28,30-42,44-68H2,1-3H3/b20-17-,21-18-,29-26-,43-27-. The Labute approximate surface area is 486 Å². The quantitative estimate of drug-likeness (QED) is 0.0261. The SMILES string of the molecule is CCCCC/C=C\C/C=C\CCCCCCCCCC(=O)OC(COC(=O)CCCCCCC/C=C\C/C=C\CCCCC)COC(=O)CCCCCCCCCCCCCCCCCCCCCCCCCCCCCC. The van der Waals surface area contributed by atoms with Crippen LogP contribution in [0.15, 0.2) is 48.6 Å². The van der Waals surface area contributed by atoms with Crippen LogP contribution in [0, 0.1) is 0 Å². The summed E-state index contributed by atoms with van der Waals surface area (Å²) in [6.07, 6.45) is 84.3. The zero-order chi connectivity index (χ0) is 56.4. The third-order valence-electron chi connectivity index (χ3n) is 15.6.